The van der Waals surface area contributed by atoms with Crippen LogP contribution in [0.2, 0.25) is 5.02 Å². The predicted molar refractivity (Wildman–Crippen MR) is 117 cm³/mol. The summed E-state index contributed by atoms with van der Waals surface area (Å²) in [5.74, 6) is -2.05. The Kier molecular flexibility index (Phi) is 7.25. The number of carbonyl (C=O) groups is 3. The second-order valence-electron chi connectivity index (χ2n) is 6.34. The number of benzene rings is 2. The fraction of sp³-hybridized carbons (Fsp3) is 0.0909. The van der Waals surface area contributed by atoms with Crippen LogP contribution in [-0.4, -0.2) is 30.6 Å². The monoisotopic (exact) mass is 455 g/mol. The molecule has 2 N–H and O–H groups in total. The molecule has 0 saturated heterocycles. The first-order valence-corrected chi connectivity index (χ1v) is 9.60. The van der Waals surface area contributed by atoms with E-state index < -0.39 is 17.8 Å². The van der Waals surface area contributed by atoms with E-state index in [0.717, 1.165) is 0 Å². The van der Waals surface area contributed by atoms with Crippen LogP contribution < -0.4 is 20.2 Å². The van der Waals surface area contributed by atoms with Crippen molar-refractivity contribution in [3.8, 4) is 11.5 Å². The average molecular weight is 456 g/mol. The third-order valence-corrected chi connectivity index (χ3v) is 4.36. The number of nitrogens with one attached hydrogen (secondary N) is 2. The smallest absolute Gasteiger partial charge is 0.379 e. The molecule has 1 aromatic heterocycles. The molecule has 2 aromatic carbocycles. The minimum Gasteiger partial charge on any atom is -0.493 e. The first-order chi connectivity index (χ1) is 15.4. The summed E-state index contributed by atoms with van der Waals surface area (Å²) in [6, 6.07) is 14.1. The van der Waals surface area contributed by atoms with Gasteiger partial charge < -0.3 is 19.2 Å². The summed E-state index contributed by atoms with van der Waals surface area (Å²) in [6.45, 7) is 1.62. The van der Waals surface area contributed by atoms with Crippen LogP contribution in [0.15, 0.2) is 70.4 Å². The summed E-state index contributed by atoms with van der Waals surface area (Å²) in [5, 5.41) is 6.77. The van der Waals surface area contributed by atoms with E-state index in [4.69, 9.17) is 25.5 Å². The van der Waals surface area contributed by atoms with Crippen LogP contribution in [-0.2, 0) is 9.59 Å². The predicted octanol–water partition coefficient (Wildman–Crippen LogP) is 3.64. The fourth-order valence-electron chi connectivity index (χ4n) is 2.53. The lowest BCUT2D eigenvalue weighted by molar-refractivity contribution is -0.136. The summed E-state index contributed by atoms with van der Waals surface area (Å²) in [6.07, 6.45) is 1.36. The highest BCUT2D eigenvalue weighted by Gasteiger charge is 2.16. The van der Waals surface area contributed by atoms with E-state index in [9.17, 15) is 14.4 Å². The zero-order valence-corrected chi connectivity index (χ0v) is 17.8. The van der Waals surface area contributed by atoms with E-state index in [2.05, 4.69) is 15.8 Å². The van der Waals surface area contributed by atoms with Crippen molar-refractivity contribution in [1.82, 2.24) is 5.43 Å². The number of rotatable bonds is 6. The number of hydrazone groups is 1. The minimum absolute atomic E-state index is 0.0487. The molecule has 2 amide bonds. The number of furan rings is 1. The Morgan fingerprint density at radius 1 is 1.00 bits per heavy atom. The van der Waals surface area contributed by atoms with E-state index in [1.54, 1.807) is 43.3 Å². The molecule has 0 fully saturated rings. The number of carbonyl (C=O) groups excluding carboxylic acids is 3. The maximum absolute atomic E-state index is 12.1. The summed E-state index contributed by atoms with van der Waals surface area (Å²) in [4.78, 5) is 36.1. The molecule has 0 spiro atoms. The fourth-order valence-corrected chi connectivity index (χ4v) is 2.72. The topological polar surface area (TPSA) is 119 Å². The van der Waals surface area contributed by atoms with E-state index in [0.29, 0.717) is 22.0 Å². The van der Waals surface area contributed by atoms with Gasteiger partial charge in [0.25, 0.3) is 0 Å². The molecule has 0 radical (unpaired) electrons. The number of hydrogen-bond acceptors (Lipinski definition) is 7. The highest BCUT2D eigenvalue weighted by molar-refractivity contribution is 6.40. The summed E-state index contributed by atoms with van der Waals surface area (Å²) < 4.78 is 15.6. The molecule has 0 bridgehead atoms. The van der Waals surface area contributed by atoms with Gasteiger partial charge >= 0.3 is 17.8 Å². The molecule has 0 aliphatic rings. The highest BCUT2D eigenvalue weighted by Crippen LogP contribution is 2.29. The van der Waals surface area contributed by atoms with Crippen LogP contribution >= 0.6 is 11.6 Å². The number of hydrogen-bond donors (Lipinski definition) is 2. The van der Waals surface area contributed by atoms with Gasteiger partial charge in [0.2, 0.25) is 5.76 Å². The zero-order chi connectivity index (χ0) is 23.1. The quantitative estimate of drug-likeness (QED) is 0.192. The Balaban J connectivity index is 1.65. The van der Waals surface area contributed by atoms with Gasteiger partial charge in [-0.3, -0.25) is 9.59 Å². The van der Waals surface area contributed by atoms with Gasteiger partial charge in [0.15, 0.2) is 11.5 Å². The van der Waals surface area contributed by atoms with Gasteiger partial charge in [0.05, 0.1) is 19.1 Å². The number of ether oxygens (including phenoxy) is 2. The maximum Gasteiger partial charge on any atom is 0.379 e. The molecule has 32 heavy (non-hydrogen) atoms. The zero-order valence-electron chi connectivity index (χ0n) is 17.0. The molecule has 3 aromatic rings. The van der Waals surface area contributed by atoms with Crippen molar-refractivity contribution >= 4 is 40.8 Å². The number of anilines is 1. The Labute approximate surface area is 188 Å². The van der Waals surface area contributed by atoms with Gasteiger partial charge in [0.1, 0.15) is 0 Å². The summed E-state index contributed by atoms with van der Waals surface area (Å²) >= 11 is 5.85. The molecule has 10 heteroatoms. The van der Waals surface area contributed by atoms with Gasteiger partial charge in [-0.2, -0.15) is 5.10 Å². The second kappa shape index (κ2) is 10.3. The van der Waals surface area contributed by atoms with Crippen LogP contribution in [0.1, 0.15) is 23.0 Å². The maximum atomic E-state index is 12.1. The molecule has 0 unspecified atom stereocenters. The number of nitrogens with zero attached hydrogens (tertiary/aromatic N) is 1. The summed E-state index contributed by atoms with van der Waals surface area (Å²) in [5.41, 5.74) is 3.51. The standard InChI is InChI=1S/C22H18ClN3O6/c1-13(25-26-21(28)20(27)24-16-6-3-5-15(23)12-16)14-8-9-17(19(11-14)30-2)32-22(29)18-7-4-10-31-18/h3-12H,1-2H3,(H,24,27)(H,26,28)/b25-13+. The van der Waals surface area contributed by atoms with Crippen molar-refractivity contribution in [1.29, 1.82) is 0 Å². The lowest BCUT2D eigenvalue weighted by Gasteiger charge is -2.10. The van der Waals surface area contributed by atoms with Gasteiger partial charge in [-0.05, 0) is 55.5 Å². The van der Waals surface area contributed by atoms with Gasteiger partial charge in [0, 0.05) is 16.3 Å². The Morgan fingerprint density at radius 2 is 1.81 bits per heavy atom. The largest absolute Gasteiger partial charge is 0.493 e. The third-order valence-electron chi connectivity index (χ3n) is 4.12. The second-order valence-corrected chi connectivity index (χ2v) is 6.77. The Bertz CT molecular complexity index is 1170. The van der Waals surface area contributed by atoms with Crippen molar-refractivity contribution in [2.75, 3.05) is 12.4 Å². The molecule has 3 rings (SSSR count). The number of esters is 1. The molecule has 9 nitrogen and oxygen atoms in total. The molecule has 164 valence electrons. The van der Waals surface area contributed by atoms with E-state index in [1.165, 1.54) is 31.6 Å². The first-order valence-electron chi connectivity index (χ1n) is 9.22. The van der Waals surface area contributed by atoms with Crippen molar-refractivity contribution in [2.45, 2.75) is 6.92 Å². The van der Waals surface area contributed by atoms with Crippen molar-refractivity contribution < 1.29 is 28.3 Å². The molecular formula is C22H18ClN3O6. The normalized spacial score (nSPS) is 10.9. The third kappa shape index (κ3) is 5.73. The van der Waals surface area contributed by atoms with Crippen molar-refractivity contribution in [3.05, 3.63) is 77.2 Å². The first kappa shape index (κ1) is 22.6. The Morgan fingerprint density at radius 3 is 2.50 bits per heavy atom. The van der Waals surface area contributed by atoms with Crippen molar-refractivity contribution in [2.24, 2.45) is 5.10 Å². The van der Waals surface area contributed by atoms with Crippen LogP contribution in [0.25, 0.3) is 0 Å². The SMILES string of the molecule is COc1cc(/C(C)=N/NC(=O)C(=O)Nc2cccc(Cl)c2)ccc1OC(=O)c1ccco1. The number of amides is 2. The molecule has 0 aliphatic heterocycles. The van der Waals surface area contributed by atoms with Gasteiger partial charge in [-0.15, -0.1) is 0 Å². The van der Waals surface area contributed by atoms with Crippen molar-refractivity contribution in [3.63, 3.8) is 0 Å². The lowest BCUT2D eigenvalue weighted by Crippen LogP contribution is -2.32. The molecule has 0 saturated carbocycles. The van der Waals surface area contributed by atoms with Crippen LogP contribution in [0, 0.1) is 0 Å². The number of halogens is 1. The lowest BCUT2D eigenvalue weighted by atomic mass is 10.1. The molecular weight excluding hydrogens is 438 g/mol. The highest BCUT2D eigenvalue weighted by atomic mass is 35.5. The minimum atomic E-state index is -0.958. The molecule has 0 atom stereocenters. The van der Waals surface area contributed by atoms with Gasteiger partial charge in [-0.25, -0.2) is 10.2 Å². The Hall–Kier alpha value is -4.11. The van der Waals surface area contributed by atoms with E-state index >= 15 is 0 Å². The van der Waals surface area contributed by atoms with E-state index in [1.807, 2.05) is 0 Å². The average Bonchev–Trinajstić information content (AvgIpc) is 3.32. The number of methoxy groups -OCH3 is 1. The van der Waals surface area contributed by atoms with Gasteiger partial charge in [-0.1, -0.05) is 17.7 Å². The van der Waals surface area contributed by atoms with E-state index in [-0.39, 0.29) is 17.3 Å². The molecule has 1 heterocycles. The van der Waals surface area contributed by atoms with Crippen LogP contribution in [0.4, 0.5) is 5.69 Å². The van der Waals surface area contributed by atoms with Crippen LogP contribution in [0.3, 0.4) is 0 Å². The summed E-state index contributed by atoms with van der Waals surface area (Å²) in [7, 11) is 1.41. The molecule has 0 aliphatic carbocycles. The van der Waals surface area contributed by atoms with Crippen LogP contribution in [0.5, 0.6) is 11.5 Å².